The Labute approximate surface area is 185 Å². The molecule has 2 amide bonds. The summed E-state index contributed by atoms with van der Waals surface area (Å²) in [6.45, 7) is 0.911. The fraction of sp³-hybridized carbons (Fsp3) is 0.481. The first-order chi connectivity index (χ1) is 15.2. The number of nitrogens with one attached hydrogen (secondary N) is 1. The zero-order chi connectivity index (χ0) is 21.3. The molecule has 2 aromatic rings. The number of hydrogen-bond acceptors (Lipinski definition) is 2. The third kappa shape index (κ3) is 3.77. The van der Waals surface area contributed by atoms with Gasteiger partial charge in [-0.1, -0.05) is 48.5 Å². The second kappa shape index (κ2) is 8.49. The SMILES string of the molecule is O=C(N[C@H]1CC[C@@]23CCCN2C(=O)CCC[C@H]3[C@H]1Cc1ccccc1)c1ccccc1. The molecule has 0 unspecified atom stereocenters. The van der Waals surface area contributed by atoms with E-state index < -0.39 is 0 Å². The molecule has 2 heterocycles. The van der Waals surface area contributed by atoms with E-state index >= 15 is 0 Å². The minimum atomic E-state index is 0.000997. The van der Waals surface area contributed by atoms with Crippen LogP contribution in [0.1, 0.15) is 60.9 Å². The minimum absolute atomic E-state index is 0.000997. The highest BCUT2D eigenvalue weighted by Gasteiger charge is 2.56. The van der Waals surface area contributed by atoms with E-state index in [0.717, 1.165) is 57.1 Å². The van der Waals surface area contributed by atoms with Crippen LogP contribution < -0.4 is 5.32 Å². The summed E-state index contributed by atoms with van der Waals surface area (Å²) in [6, 6.07) is 20.3. The summed E-state index contributed by atoms with van der Waals surface area (Å²) in [5.74, 6) is 1.16. The molecule has 4 nitrogen and oxygen atoms in total. The summed E-state index contributed by atoms with van der Waals surface area (Å²) < 4.78 is 0. The van der Waals surface area contributed by atoms with Crippen LogP contribution in [0.5, 0.6) is 0 Å². The lowest BCUT2D eigenvalue weighted by Gasteiger charge is -2.53. The van der Waals surface area contributed by atoms with Gasteiger partial charge in [-0.15, -0.1) is 0 Å². The van der Waals surface area contributed by atoms with Gasteiger partial charge in [0.25, 0.3) is 5.91 Å². The lowest BCUT2D eigenvalue weighted by molar-refractivity contribution is -0.138. The van der Waals surface area contributed by atoms with Gasteiger partial charge in [-0.25, -0.2) is 0 Å². The number of carbonyl (C=O) groups excluding carboxylic acids is 2. The van der Waals surface area contributed by atoms with Crippen LogP contribution in [0.4, 0.5) is 0 Å². The molecule has 3 fully saturated rings. The summed E-state index contributed by atoms with van der Waals surface area (Å²) >= 11 is 0. The summed E-state index contributed by atoms with van der Waals surface area (Å²) in [5, 5.41) is 3.40. The molecule has 31 heavy (non-hydrogen) atoms. The average molecular weight is 417 g/mol. The molecular formula is C27H32N2O2. The van der Waals surface area contributed by atoms with Crippen molar-refractivity contribution >= 4 is 11.8 Å². The van der Waals surface area contributed by atoms with Crippen LogP contribution in [-0.4, -0.2) is 34.8 Å². The van der Waals surface area contributed by atoms with Crippen LogP contribution in [0, 0.1) is 11.8 Å². The number of hydrogen-bond donors (Lipinski definition) is 1. The number of benzene rings is 2. The van der Waals surface area contributed by atoms with Crippen molar-refractivity contribution in [1.82, 2.24) is 10.2 Å². The Bertz CT molecular complexity index is 929. The Kier molecular flexibility index (Phi) is 5.56. The molecule has 0 aromatic heterocycles. The third-order valence-electron chi connectivity index (χ3n) is 8.01. The van der Waals surface area contributed by atoms with Crippen LogP contribution in [-0.2, 0) is 11.2 Å². The highest BCUT2D eigenvalue weighted by Crippen LogP contribution is 2.52. The molecule has 1 N–H and O–H groups in total. The Morgan fingerprint density at radius 2 is 1.71 bits per heavy atom. The van der Waals surface area contributed by atoms with Gasteiger partial charge in [0.2, 0.25) is 5.91 Å². The average Bonchev–Trinajstić information content (AvgIpc) is 3.17. The molecule has 3 aliphatic rings. The summed E-state index contributed by atoms with van der Waals surface area (Å²) in [5.41, 5.74) is 2.05. The fourth-order valence-corrected chi connectivity index (χ4v) is 6.69. The smallest absolute Gasteiger partial charge is 0.251 e. The largest absolute Gasteiger partial charge is 0.349 e. The van der Waals surface area contributed by atoms with Crippen molar-refractivity contribution in [3.63, 3.8) is 0 Å². The van der Waals surface area contributed by atoms with Crippen LogP contribution in [0.25, 0.3) is 0 Å². The van der Waals surface area contributed by atoms with Crippen LogP contribution in [0.2, 0.25) is 0 Å². The van der Waals surface area contributed by atoms with E-state index in [1.807, 2.05) is 30.3 Å². The Morgan fingerprint density at radius 1 is 0.968 bits per heavy atom. The first-order valence-electron chi connectivity index (χ1n) is 11.9. The van der Waals surface area contributed by atoms with Crippen molar-refractivity contribution in [2.24, 2.45) is 11.8 Å². The molecule has 2 saturated heterocycles. The summed E-state index contributed by atoms with van der Waals surface area (Å²) in [4.78, 5) is 28.2. The number of nitrogens with zero attached hydrogens (tertiary/aromatic N) is 1. The minimum Gasteiger partial charge on any atom is -0.349 e. The standard InChI is InChI=1S/C27H32N2O2/c30-25-14-7-13-23-22(19-20-9-3-1-4-10-20)24(15-17-27(23)16-8-18-29(25)27)28-26(31)21-11-5-2-6-12-21/h1-6,9-12,22-24H,7-8,13-19H2,(H,28,31)/t22-,23+,24+,27-/m1/s1. The van der Waals surface area contributed by atoms with Crippen molar-refractivity contribution < 1.29 is 9.59 Å². The number of rotatable bonds is 4. The third-order valence-corrected chi connectivity index (χ3v) is 8.01. The van der Waals surface area contributed by atoms with E-state index in [1.54, 1.807) is 0 Å². The van der Waals surface area contributed by atoms with Gasteiger partial charge in [-0.05, 0) is 74.5 Å². The van der Waals surface area contributed by atoms with E-state index in [1.165, 1.54) is 5.56 Å². The molecule has 1 aliphatic carbocycles. The maximum Gasteiger partial charge on any atom is 0.251 e. The molecule has 4 heteroatoms. The predicted octanol–water partition coefficient (Wildman–Crippen LogP) is 4.60. The van der Waals surface area contributed by atoms with Crippen molar-refractivity contribution in [2.75, 3.05) is 6.54 Å². The van der Waals surface area contributed by atoms with Crippen molar-refractivity contribution in [2.45, 2.75) is 62.9 Å². The van der Waals surface area contributed by atoms with E-state index in [4.69, 9.17) is 0 Å². The number of amides is 2. The monoisotopic (exact) mass is 416 g/mol. The quantitative estimate of drug-likeness (QED) is 0.792. The first kappa shape index (κ1) is 20.3. The normalized spacial score (nSPS) is 30.3. The second-order valence-corrected chi connectivity index (χ2v) is 9.59. The van der Waals surface area contributed by atoms with Gasteiger partial charge >= 0.3 is 0 Å². The van der Waals surface area contributed by atoms with E-state index in [0.29, 0.717) is 24.2 Å². The van der Waals surface area contributed by atoms with Crippen molar-refractivity contribution in [1.29, 1.82) is 0 Å². The molecule has 1 spiro atoms. The zero-order valence-corrected chi connectivity index (χ0v) is 18.1. The van der Waals surface area contributed by atoms with Crippen molar-refractivity contribution in [3.05, 3.63) is 71.8 Å². The zero-order valence-electron chi connectivity index (χ0n) is 18.1. The first-order valence-corrected chi connectivity index (χ1v) is 11.9. The molecule has 5 rings (SSSR count). The van der Waals surface area contributed by atoms with Gasteiger partial charge < -0.3 is 10.2 Å². The lowest BCUT2D eigenvalue weighted by Crippen LogP contribution is -2.60. The van der Waals surface area contributed by atoms with Gasteiger partial charge in [0.05, 0.1) is 0 Å². The van der Waals surface area contributed by atoms with Crippen molar-refractivity contribution in [3.8, 4) is 0 Å². The second-order valence-electron chi connectivity index (χ2n) is 9.59. The topological polar surface area (TPSA) is 49.4 Å². The molecule has 0 bridgehead atoms. The molecule has 162 valence electrons. The predicted molar refractivity (Wildman–Crippen MR) is 122 cm³/mol. The Balaban J connectivity index is 1.47. The molecule has 1 saturated carbocycles. The van der Waals surface area contributed by atoms with Gasteiger partial charge in [0.1, 0.15) is 0 Å². The van der Waals surface area contributed by atoms with Crippen LogP contribution >= 0.6 is 0 Å². The number of carbonyl (C=O) groups is 2. The maximum absolute atomic E-state index is 13.0. The van der Waals surface area contributed by atoms with Gasteiger partial charge in [0.15, 0.2) is 0 Å². The maximum atomic E-state index is 13.0. The molecule has 2 aliphatic heterocycles. The van der Waals surface area contributed by atoms with Gasteiger partial charge in [-0.3, -0.25) is 9.59 Å². The van der Waals surface area contributed by atoms with Crippen LogP contribution in [0.3, 0.4) is 0 Å². The fourth-order valence-electron chi connectivity index (χ4n) is 6.69. The van der Waals surface area contributed by atoms with E-state index in [-0.39, 0.29) is 17.5 Å². The highest BCUT2D eigenvalue weighted by atomic mass is 16.2. The Morgan fingerprint density at radius 3 is 2.48 bits per heavy atom. The van der Waals surface area contributed by atoms with Gasteiger partial charge in [0, 0.05) is 30.1 Å². The summed E-state index contributed by atoms with van der Waals surface area (Å²) in [6.07, 6.45) is 7.86. The van der Waals surface area contributed by atoms with Crippen LogP contribution in [0.15, 0.2) is 60.7 Å². The highest BCUT2D eigenvalue weighted by molar-refractivity contribution is 5.94. The van der Waals surface area contributed by atoms with E-state index in [9.17, 15) is 9.59 Å². The summed E-state index contributed by atoms with van der Waals surface area (Å²) in [7, 11) is 0. The Hall–Kier alpha value is -2.62. The van der Waals surface area contributed by atoms with E-state index in [2.05, 4.69) is 40.5 Å². The lowest BCUT2D eigenvalue weighted by atomic mass is 9.61. The molecule has 4 atom stereocenters. The molecular weight excluding hydrogens is 384 g/mol. The molecule has 2 aromatic carbocycles. The van der Waals surface area contributed by atoms with Gasteiger partial charge in [-0.2, -0.15) is 0 Å². The molecule has 0 radical (unpaired) electrons.